The third-order valence-corrected chi connectivity index (χ3v) is 18.9. The van der Waals surface area contributed by atoms with Crippen molar-refractivity contribution in [3.05, 3.63) is 25.3 Å². The van der Waals surface area contributed by atoms with Crippen LogP contribution >= 0.6 is 15.6 Å². The first-order chi connectivity index (χ1) is 56.0. The summed E-state index contributed by atoms with van der Waals surface area (Å²) < 4.78 is 96.3. The predicted molar refractivity (Wildman–Crippen MR) is 447 cm³/mol. The molecule has 0 aromatic carbocycles. The third-order valence-electron chi connectivity index (χ3n) is 16.1. The van der Waals surface area contributed by atoms with Gasteiger partial charge in [-0.1, -0.05) is 206 Å². The summed E-state index contributed by atoms with van der Waals surface area (Å²) in [6.07, 6.45) is 31.5. The number of nitrogens with one attached hydrogen (secondary N) is 2. The molecular formula is C91H124N2O20P2. The molecule has 0 saturated heterocycles. The minimum atomic E-state index is -4.51. The Hall–Kier alpha value is -8.84. The number of rotatable bonds is 68. The molecule has 628 valence electrons. The summed E-state index contributed by atoms with van der Waals surface area (Å²) in [5.74, 6) is 55.1. The Morgan fingerprint density at radius 2 is 0.626 bits per heavy atom. The summed E-state index contributed by atoms with van der Waals surface area (Å²) in [5.41, 5.74) is 0. The summed E-state index contributed by atoms with van der Waals surface area (Å²) in [7, 11) is -9.02. The number of carbonyl (C=O) groups excluding carboxylic acids is 6. The van der Waals surface area contributed by atoms with Crippen LogP contribution in [0.4, 0.5) is 0 Å². The quantitative estimate of drug-likeness (QED) is 0.00837. The lowest BCUT2D eigenvalue weighted by atomic mass is 10.1. The van der Waals surface area contributed by atoms with Gasteiger partial charge in [-0.3, -0.25) is 46.3 Å². The zero-order chi connectivity index (χ0) is 84.3. The van der Waals surface area contributed by atoms with E-state index in [1.165, 1.54) is 76.4 Å². The first-order valence-corrected chi connectivity index (χ1v) is 43.6. The van der Waals surface area contributed by atoms with Crippen LogP contribution in [0.25, 0.3) is 0 Å². The van der Waals surface area contributed by atoms with Crippen LogP contribution in [0.15, 0.2) is 25.3 Å². The van der Waals surface area contributed by atoms with Gasteiger partial charge in [0.15, 0.2) is 0 Å². The van der Waals surface area contributed by atoms with Crippen molar-refractivity contribution in [2.24, 2.45) is 0 Å². The number of carbonyl (C=O) groups is 6. The number of hydrogen-bond donors (Lipinski definition) is 2. The maximum Gasteiger partial charge on any atom is 0.475 e. The van der Waals surface area contributed by atoms with E-state index in [9.17, 15) is 37.9 Å². The molecule has 0 fully saturated rings. The lowest BCUT2D eigenvalue weighted by Gasteiger charge is -2.22. The molecule has 22 nitrogen and oxygen atoms in total. The number of phosphoric acid groups is 2. The summed E-state index contributed by atoms with van der Waals surface area (Å²) in [4.78, 5) is 78.2. The average Bonchev–Trinajstić information content (AvgIpc) is 0.888. The van der Waals surface area contributed by atoms with Crippen LogP contribution in [0.5, 0.6) is 0 Å². The van der Waals surface area contributed by atoms with Crippen molar-refractivity contribution in [3.63, 3.8) is 0 Å². The molecule has 0 aromatic heterocycles. The molecule has 6 atom stereocenters. The van der Waals surface area contributed by atoms with Crippen LogP contribution in [0.2, 0.25) is 0 Å². The van der Waals surface area contributed by atoms with E-state index in [2.05, 4.69) is 194 Å². The highest BCUT2D eigenvalue weighted by Gasteiger charge is 2.31. The summed E-state index contributed by atoms with van der Waals surface area (Å²) >= 11 is 0. The maximum absolute atomic E-state index is 14.0. The average molecular weight is 1630 g/mol. The molecule has 0 bridgehead atoms. The Morgan fingerprint density at radius 1 is 0.330 bits per heavy atom. The second-order valence-corrected chi connectivity index (χ2v) is 29.4. The molecule has 0 aliphatic rings. The maximum atomic E-state index is 14.0. The number of ether oxygens (including phenoxy) is 6. The van der Waals surface area contributed by atoms with E-state index in [1.54, 1.807) is 13.8 Å². The Morgan fingerprint density at radius 3 is 0.939 bits per heavy atom. The fourth-order valence-corrected chi connectivity index (χ4v) is 12.5. The summed E-state index contributed by atoms with van der Waals surface area (Å²) in [6, 6.07) is 0. The van der Waals surface area contributed by atoms with Crippen LogP contribution in [0, 0.1) is 142 Å². The standard InChI is InChI=1S/C91H124N2O20P2/c1-9-17-23-29-33-37-39-43-47-53-59-65-90(98)112-84(78-102-73-67-82(61-55-49-27-21-13-5)110-88(96)63-57-51-45-41-35-31-25-19-11-3)80-108-114(100,104-71-15-7)106-75-69-92-86(94)77-87(95)93-70-76-107-115(101,105-72-16-8)109-81-85(113-91(99)66-60-54-48-44-40-38-34-30-24-18-10-2)79-103-74-68-83(62-56-50-28-22-14-6)111-89(97)64-58-52-46-42-36-32-26-20-12-4/h15-16,82-85H,7-8,11-14,19-22,25-28,31-32,35-36,41-42,45-46,49-52,55-58,61-64,67-81H2,1-6H3,(H,92,94)(H,93,95)/t82-,83-,84?,85?,114?,115?/m1/s1. The molecule has 2 N–H and O–H groups in total. The molecule has 0 radical (unpaired) electrons. The molecule has 0 aliphatic heterocycles. The summed E-state index contributed by atoms with van der Waals surface area (Å²) in [6.45, 7) is 15.4. The minimum Gasteiger partial charge on any atom is -0.462 e. The molecule has 0 heterocycles. The van der Waals surface area contributed by atoms with E-state index in [-0.39, 0.29) is 64.7 Å². The van der Waals surface area contributed by atoms with Crippen molar-refractivity contribution in [1.29, 1.82) is 0 Å². The monoisotopic (exact) mass is 1630 g/mol. The van der Waals surface area contributed by atoms with Gasteiger partial charge >= 0.3 is 39.5 Å². The van der Waals surface area contributed by atoms with Gasteiger partial charge in [0.1, 0.15) is 30.8 Å². The van der Waals surface area contributed by atoms with Gasteiger partial charge in [-0.25, -0.2) is 18.7 Å². The van der Waals surface area contributed by atoms with Crippen molar-refractivity contribution in [3.8, 4) is 142 Å². The molecule has 2 amide bonds. The van der Waals surface area contributed by atoms with E-state index >= 15 is 0 Å². The van der Waals surface area contributed by atoms with Crippen molar-refractivity contribution >= 4 is 51.3 Å². The molecule has 0 rings (SSSR count). The number of phosphoric ester groups is 2. The second-order valence-electron chi connectivity index (χ2n) is 26.0. The van der Waals surface area contributed by atoms with Crippen molar-refractivity contribution in [2.75, 3.05) is 79.2 Å². The molecule has 0 spiro atoms. The van der Waals surface area contributed by atoms with Crippen molar-refractivity contribution in [1.82, 2.24) is 10.6 Å². The van der Waals surface area contributed by atoms with Gasteiger partial charge in [0, 0.05) is 50.6 Å². The highest BCUT2D eigenvalue weighted by molar-refractivity contribution is 7.48. The molecule has 115 heavy (non-hydrogen) atoms. The van der Waals surface area contributed by atoms with Crippen molar-refractivity contribution < 1.29 is 93.5 Å². The lowest BCUT2D eigenvalue weighted by molar-refractivity contribution is -0.152. The molecular weight excluding hydrogens is 1500 g/mol. The molecule has 24 heteroatoms. The van der Waals surface area contributed by atoms with Gasteiger partial charge in [0.2, 0.25) is 11.8 Å². The van der Waals surface area contributed by atoms with E-state index in [4.69, 9.17) is 55.6 Å². The Labute approximate surface area is 689 Å². The summed E-state index contributed by atoms with van der Waals surface area (Å²) in [5, 5.41) is 4.96. The Balaban J connectivity index is 6.17. The topological polar surface area (TPSA) is 271 Å². The van der Waals surface area contributed by atoms with Crippen LogP contribution in [0.1, 0.15) is 266 Å². The minimum absolute atomic E-state index is 0.0898. The third kappa shape index (κ3) is 71.4. The SMILES string of the molecule is C=CCOP(=O)(OCCNC(=O)CC(=O)NCCOP(=O)(OCC=C)OCC(COCC[C@@H](CCCCCCC)OC(=O)CCCCCCCCCCC)OC(=O)C#CC#CC#CC#CC#CC#CC)OCC(COCC[C@@H](CCCCCCC)OC(=O)CCCCCCCCCCC)OC(=O)C#CC#CC#CC#CC#CC#CC. The van der Waals surface area contributed by atoms with E-state index in [1.807, 2.05) is 0 Å². The van der Waals surface area contributed by atoms with Gasteiger partial charge in [-0.2, -0.15) is 0 Å². The van der Waals surface area contributed by atoms with E-state index in [0.29, 0.717) is 38.5 Å². The first kappa shape index (κ1) is 106. The molecule has 0 saturated carbocycles. The lowest BCUT2D eigenvalue weighted by Crippen LogP contribution is -2.34. The number of hydrogen-bond acceptors (Lipinski definition) is 20. The van der Waals surface area contributed by atoms with Gasteiger partial charge in [-0.05, 0) is 171 Å². The first-order valence-electron chi connectivity index (χ1n) is 40.7. The van der Waals surface area contributed by atoms with Crippen LogP contribution in [-0.4, -0.2) is 139 Å². The molecule has 4 unspecified atom stereocenters. The van der Waals surface area contributed by atoms with Crippen molar-refractivity contribution in [2.45, 2.75) is 291 Å². The highest BCUT2D eigenvalue weighted by atomic mass is 31.2. The predicted octanol–water partition coefficient (Wildman–Crippen LogP) is 15.4. The highest BCUT2D eigenvalue weighted by Crippen LogP contribution is 2.50. The number of esters is 4. The molecule has 0 aromatic rings. The Bertz CT molecular complexity index is 3500. The van der Waals surface area contributed by atoms with E-state index in [0.717, 1.165) is 116 Å². The second kappa shape index (κ2) is 79.0. The Kier molecular flexibility index (Phi) is 72.9. The van der Waals surface area contributed by atoms with Gasteiger partial charge in [0.25, 0.3) is 0 Å². The smallest absolute Gasteiger partial charge is 0.462 e. The molecule has 0 aliphatic carbocycles. The van der Waals surface area contributed by atoms with Gasteiger partial charge in [0.05, 0.1) is 66.1 Å². The fourth-order valence-electron chi connectivity index (χ4n) is 10.2. The van der Waals surface area contributed by atoms with Crippen LogP contribution in [-0.2, 0) is 93.5 Å². The zero-order valence-electron chi connectivity index (χ0n) is 69.2. The normalized spacial score (nSPS) is 11.9. The fraction of sp³-hybridized carbons (Fsp3) is 0.626. The zero-order valence-corrected chi connectivity index (χ0v) is 71.0. The largest absolute Gasteiger partial charge is 0.475 e. The van der Waals surface area contributed by atoms with E-state index < -0.39 is 96.7 Å². The van der Waals surface area contributed by atoms with Crippen LogP contribution in [0.3, 0.4) is 0 Å². The van der Waals surface area contributed by atoms with Crippen LogP contribution < -0.4 is 10.6 Å². The number of amides is 2. The van der Waals surface area contributed by atoms with Gasteiger partial charge in [-0.15, -0.1) is 13.2 Å². The number of unbranched alkanes of at least 4 members (excludes halogenated alkanes) is 24. The van der Waals surface area contributed by atoms with Gasteiger partial charge < -0.3 is 39.1 Å².